The molecule has 1 aliphatic heterocycles. The van der Waals surface area contributed by atoms with Crippen molar-refractivity contribution in [3.05, 3.63) is 23.8 Å². The Bertz CT molecular complexity index is 616. The first-order valence-corrected chi connectivity index (χ1v) is 15.1. The lowest BCUT2D eigenvalue weighted by molar-refractivity contribution is -0.278. The van der Waals surface area contributed by atoms with E-state index in [2.05, 4.69) is 0 Å². The summed E-state index contributed by atoms with van der Waals surface area (Å²) in [7, 11) is 0. The maximum atomic E-state index is 6.73. The lowest BCUT2D eigenvalue weighted by atomic mass is 9.72. The van der Waals surface area contributed by atoms with E-state index in [9.17, 15) is 0 Å². The monoisotopic (exact) mass is 432 g/mol. The van der Waals surface area contributed by atoms with Crippen LogP contribution in [0.4, 0.5) is 0 Å². The molecular weight excluding hydrogens is 407 g/mol. The third-order valence-electron chi connectivity index (χ3n) is 6.46. The predicted molar refractivity (Wildman–Crippen MR) is 111 cm³/mol. The van der Waals surface area contributed by atoms with E-state index in [1.54, 1.807) is 0 Å². The van der Waals surface area contributed by atoms with Crippen LogP contribution in [-0.4, -0.2) is 11.8 Å². The zero-order valence-corrected chi connectivity index (χ0v) is 18.4. The summed E-state index contributed by atoms with van der Waals surface area (Å²) in [6.45, 7) is 0.561. The fourth-order valence-corrected chi connectivity index (χ4v) is 6.77. The van der Waals surface area contributed by atoms with Crippen LogP contribution < -0.4 is 9.92 Å². The molecule has 6 heteroatoms. The van der Waals surface area contributed by atoms with E-state index in [0.717, 1.165) is 16.5 Å². The molecule has 26 heavy (non-hydrogen) atoms. The second kappa shape index (κ2) is 7.83. The summed E-state index contributed by atoms with van der Waals surface area (Å²) in [4.78, 5) is 0. The second-order valence-electron chi connectivity index (χ2n) is 8.10. The lowest BCUT2D eigenvalue weighted by Gasteiger charge is -2.50. The van der Waals surface area contributed by atoms with Gasteiger partial charge in [0.2, 0.25) is 5.79 Å². The van der Waals surface area contributed by atoms with E-state index >= 15 is 0 Å². The first kappa shape index (κ1) is 19.4. The highest BCUT2D eigenvalue weighted by atomic mass is 35.8. The SMILES string of the molecule is Cl[Si](Cl)(Cl)c1ccc2c(c1)COC(C1CCCCC1)(C1CCCCC1)O2. The third kappa shape index (κ3) is 3.80. The fraction of sp³-hybridized carbons (Fsp3) is 0.700. The summed E-state index contributed by atoms with van der Waals surface area (Å²) >= 11 is 18.6. The van der Waals surface area contributed by atoms with Gasteiger partial charge in [0.15, 0.2) is 0 Å². The van der Waals surface area contributed by atoms with Gasteiger partial charge in [0, 0.05) is 17.4 Å². The van der Waals surface area contributed by atoms with Crippen LogP contribution in [0.5, 0.6) is 5.75 Å². The van der Waals surface area contributed by atoms with Crippen LogP contribution in [0.15, 0.2) is 18.2 Å². The highest BCUT2D eigenvalue weighted by Crippen LogP contribution is 2.49. The Labute approximate surface area is 171 Å². The van der Waals surface area contributed by atoms with Crippen LogP contribution in [0.3, 0.4) is 0 Å². The summed E-state index contributed by atoms with van der Waals surface area (Å²) in [5.41, 5.74) is 1.02. The number of ether oxygens (including phenoxy) is 2. The molecule has 0 amide bonds. The number of hydrogen-bond donors (Lipinski definition) is 0. The van der Waals surface area contributed by atoms with Gasteiger partial charge in [-0.1, -0.05) is 50.7 Å². The van der Waals surface area contributed by atoms with E-state index in [-0.39, 0.29) is 0 Å². The van der Waals surface area contributed by atoms with Crippen LogP contribution in [-0.2, 0) is 11.3 Å². The highest BCUT2D eigenvalue weighted by molar-refractivity contribution is 7.69. The first-order valence-electron chi connectivity index (χ1n) is 10.0. The zero-order chi connectivity index (χ0) is 18.2. The maximum Gasteiger partial charge on any atom is 0.372 e. The molecule has 2 nitrogen and oxygen atoms in total. The first-order chi connectivity index (χ1) is 12.5. The average Bonchev–Trinajstić information content (AvgIpc) is 2.68. The normalized spacial score (nSPS) is 24.7. The Hall–Kier alpha value is 0.0669. The van der Waals surface area contributed by atoms with Crippen LogP contribution in [0.25, 0.3) is 0 Å². The molecule has 144 valence electrons. The molecule has 0 bridgehead atoms. The van der Waals surface area contributed by atoms with Crippen molar-refractivity contribution in [2.75, 3.05) is 0 Å². The minimum Gasteiger partial charge on any atom is -0.461 e. The summed E-state index contributed by atoms with van der Waals surface area (Å²) in [6, 6.07) is 3.01. The van der Waals surface area contributed by atoms with Crippen LogP contribution in [0.2, 0.25) is 0 Å². The number of benzene rings is 1. The van der Waals surface area contributed by atoms with Crippen molar-refractivity contribution >= 4 is 44.4 Å². The summed E-state index contributed by atoms with van der Waals surface area (Å²) in [5.74, 6) is 1.47. The molecule has 0 atom stereocenters. The molecule has 1 aromatic carbocycles. The van der Waals surface area contributed by atoms with Gasteiger partial charge in [0.25, 0.3) is 0 Å². The molecule has 4 rings (SSSR count). The second-order valence-corrected chi connectivity index (χ2v) is 16.5. The summed E-state index contributed by atoms with van der Waals surface area (Å²) < 4.78 is 13.3. The van der Waals surface area contributed by atoms with Gasteiger partial charge in [-0.25, -0.2) is 0 Å². The van der Waals surface area contributed by atoms with Crippen LogP contribution >= 0.6 is 33.2 Å². The molecule has 1 heterocycles. The molecule has 1 aromatic rings. The number of halogens is 3. The molecule has 0 aromatic heterocycles. The molecule has 0 N–H and O–H groups in total. The third-order valence-corrected chi connectivity index (χ3v) is 9.39. The lowest BCUT2D eigenvalue weighted by Crippen LogP contribution is -2.55. The van der Waals surface area contributed by atoms with Crippen LogP contribution in [0.1, 0.15) is 69.8 Å². The van der Waals surface area contributed by atoms with Crippen molar-refractivity contribution < 1.29 is 9.47 Å². The van der Waals surface area contributed by atoms with Crippen molar-refractivity contribution in [2.24, 2.45) is 11.8 Å². The van der Waals surface area contributed by atoms with Gasteiger partial charge in [-0.3, -0.25) is 0 Å². The molecule has 0 radical (unpaired) electrons. The molecular formula is C20H27Cl3O2Si. The van der Waals surface area contributed by atoms with Crippen molar-refractivity contribution in [2.45, 2.75) is 76.6 Å². The minimum absolute atomic E-state index is 0.452. The number of fused-ring (bicyclic) bond motifs is 1. The molecule has 3 aliphatic rings. The molecule has 2 saturated carbocycles. The van der Waals surface area contributed by atoms with Gasteiger partial charge in [0.1, 0.15) is 5.75 Å². The minimum atomic E-state index is -2.89. The molecule has 0 spiro atoms. The fourth-order valence-electron chi connectivity index (χ4n) is 5.11. The van der Waals surface area contributed by atoms with Gasteiger partial charge in [-0.15, -0.1) is 33.2 Å². The Morgan fingerprint density at radius 3 is 1.96 bits per heavy atom. The largest absolute Gasteiger partial charge is 0.461 e. The maximum absolute atomic E-state index is 6.73. The quantitative estimate of drug-likeness (QED) is 0.410. The zero-order valence-electron chi connectivity index (χ0n) is 15.1. The number of hydrogen-bond acceptors (Lipinski definition) is 2. The molecule has 0 saturated heterocycles. The van der Waals surface area contributed by atoms with Gasteiger partial charge in [-0.2, -0.15) is 0 Å². The predicted octanol–water partition coefficient (Wildman–Crippen LogP) is 6.31. The van der Waals surface area contributed by atoms with Gasteiger partial charge < -0.3 is 9.47 Å². The average molecular weight is 434 g/mol. The van der Waals surface area contributed by atoms with E-state index in [0.29, 0.717) is 18.4 Å². The van der Waals surface area contributed by atoms with E-state index in [1.807, 2.05) is 18.2 Å². The summed E-state index contributed by atoms with van der Waals surface area (Å²) in [5, 5.41) is 0.802. The van der Waals surface area contributed by atoms with Gasteiger partial charge in [-0.05, 0) is 36.9 Å². The molecule has 2 aliphatic carbocycles. The van der Waals surface area contributed by atoms with E-state index in [4.69, 9.17) is 42.7 Å². The molecule has 2 fully saturated rings. The molecule has 0 unspecified atom stereocenters. The van der Waals surface area contributed by atoms with Crippen molar-refractivity contribution in [1.82, 2.24) is 0 Å². The van der Waals surface area contributed by atoms with E-state index in [1.165, 1.54) is 64.2 Å². The van der Waals surface area contributed by atoms with Crippen LogP contribution in [0, 0.1) is 11.8 Å². The number of rotatable bonds is 3. The van der Waals surface area contributed by atoms with E-state index < -0.39 is 11.8 Å². The Morgan fingerprint density at radius 1 is 0.846 bits per heavy atom. The summed E-state index contributed by atoms with van der Waals surface area (Å²) in [6.07, 6.45) is 12.7. The van der Waals surface area contributed by atoms with Crippen molar-refractivity contribution in [3.8, 4) is 5.75 Å². The van der Waals surface area contributed by atoms with Gasteiger partial charge in [0.05, 0.1) is 6.61 Å². The Balaban J connectivity index is 1.65. The Kier molecular flexibility index (Phi) is 5.84. The van der Waals surface area contributed by atoms with Crippen molar-refractivity contribution in [3.63, 3.8) is 0 Å². The topological polar surface area (TPSA) is 18.5 Å². The highest BCUT2D eigenvalue weighted by Gasteiger charge is 2.51. The smallest absolute Gasteiger partial charge is 0.372 e. The Morgan fingerprint density at radius 2 is 1.42 bits per heavy atom. The van der Waals surface area contributed by atoms with Gasteiger partial charge >= 0.3 is 6.00 Å². The standard InChI is InChI=1S/C20H27Cl3O2Si/c21-26(22,23)18-11-12-19-15(13-18)14-24-20(25-19,16-7-3-1-4-8-16)17-9-5-2-6-10-17/h11-13,16-17H,1-10,14H2. The van der Waals surface area contributed by atoms with Crippen molar-refractivity contribution in [1.29, 1.82) is 0 Å².